The molecule has 1 aliphatic heterocycles. The Morgan fingerprint density at radius 3 is 3.11 bits per heavy atom. The fourth-order valence-electron chi connectivity index (χ4n) is 2.57. The Hall–Kier alpha value is -1.40. The van der Waals surface area contributed by atoms with Crippen molar-refractivity contribution in [2.75, 3.05) is 13.7 Å². The lowest BCUT2D eigenvalue weighted by Gasteiger charge is -2.23. The van der Waals surface area contributed by atoms with Crippen LogP contribution in [0.4, 0.5) is 0 Å². The third kappa shape index (κ3) is 2.26. The van der Waals surface area contributed by atoms with Gasteiger partial charge in [-0.1, -0.05) is 0 Å². The third-order valence-electron chi connectivity index (χ3n) is 3.59. The molecule has 3 rings (SSSR count). The predicted octanol–water partition coefficient (Wildman–Crippen LogP) is 2.67. The van der Waals surface area contributed by atoms with Crippen molar-refractivity contribution in [1.82, 2.24) is 14.5 Å². The van der Waals surface area contributed by atoms with Crippen molar-refractivity contribution in [3.63, 3.8) is 0 Å². The van der Waals surface area contributed by atoms with E-state index in [4.69, 9.17) is 21.7 Å². The zero-order valence-electron chi connectivity index (χ0n) is 11.1. The normalized spacial score (nSPS) is 23.1. The topological polar surface area (TPSA) is 52.1 Å². The fraction of sp³-hybridized carbons (Fsp3) is 0.538. The van der Waals surface area contributed by atoms with E-state index in [0.717, 1.165) is 30.6 Å². The highest BCUT2D eigenvalue weighted by molar-refractivity contribution is 7.71. The lowest BCUT2D eigenvalue weighted by molar-refractivity contribution is 0.00667. The van der Waals surface area contributed by atoms with Gasteiger partial charge in [0.05, 0.1) is 24.8 Å². The number of methoxy groups -OCH3 is 1. The van der Waals surface area contributed by atoms with E-state index in [1.54, 1.807) is 7.11 Å². The van der Waals surface area contributed by atoms with Crippen molar-refractivity contribution in [3.8, 4) is 5.88 Å². The second-order valence-electron chi connectivity index (χ2n) is 5.14. The summed E-state index contributed by atoms with van der Waals surface area (Å²) >= 11 is 5.39. The SMILES string of the molecule is COc1ccc2[nH]c(=S)n(CC3(C)CCCO3)c2n1. The molecule has 0 radical (unpaired) electrons. The van der Waals surface area contributed by atoms with E-state index in [9.17, 15) is 0 Å². The number of hydrogen-bond acceptors (Lipinski definition) is 4. The quantitative estimate of drug-likeness (QED) is 0.878. The number of imidazole rings is 1. The lowest BCUT2D eigenvalue weighted by atomic mass is 10.0. The van der Waals surface area contributed by atoms with Crippen LogP contribution < -0.4 is 4.74 Å². The standard InChI is InChI=1S/C13H17N3O2S/c1-13(6-3-7-18-13)8-16-11-9(14-12(16)19)4-5-10(15-11)17-2/h4-5H,3,6-8H2,1-2H3,(H,14,19). The maximum absolute atomic E-state index is 5.83. The Kier molecular flexibility index (Phi) is 3.06. The van der Waals surface area contributed by atoms with E-state index < -0.39 is 0 Å². The van der Waals surface area contributed by atoms with Crippen LogP contribution in [0, 0.1) is 4.77 Å². The van der Waals surface area contributed by atoms with Gasteiger partial charge in [-0.3, -0.25) is 4.57 Å². The van der Waals surface area contributed by atoms with Gasteiger partial charge in [-0.15, -0.1) is 0 Å². The Balaban J connectivity index is 2.06. The summed E-state index contributed by atoms with van der Waals surface area (Å²) in [6, 6.07) is 3.76. The molecular formula is C13H17N3O2S. The van der Waals surface area contributed by atoms with Gasteiger partial charge in [-0.2, -0.15) is 4.98 Å². The van der Waals surface area contributed by atoms with E-state index in [2.05, 4.69) is 16.9 Å². The summed E-state index contributed by atoms with van der Waals surface area (Å²) in [6.45, 7) is 3.66. The number of hydrogen-bond donors (Lipinski definition) is 1. The Morgan fingerprint density at radius 2 is 2.42 bits per heavy atom. The first-order valence-corrected chi connectivity index (χ1v) is 6.80. The lowest BCUT2D eigenvalue weighted by Crippen LogP contribution is -2.29. The number of aromatic amines is 1. The van der Waals surface area contributed by atoms with Crippen LogP contribution in [-0.2, 0) is 11.3 Å². The second kappa shape index (κ2) is 4.61. The monoisotopic (exact) mass is 279 g/mol. The average Bonchev–Trinajstić information content (AvgIpc) is 2.95. The summed E-state index contributed by atoms with van der Waals surface area (Å²) in [6.07, 6.45) is 2.15. The number of H-pyrrole nitrogens is 1. The largest absolute Gasteiger partial charge is 0.481 e. The number of rotatable bonds is 3. The molecule has 0 amide bonds. The molecule has 1 N–H and O–H groups in total. The fourth-order valence-corrected chi connectivity index (χ4v) is 2.83. The Labute approximate surface area is 116 Å². The minimum Gasteiger partial charge on any atom is -0.481 e. The van der Waals surface area contributed by atoms with E-state index >= 15 is 0 Å². The summed E-state index contributed by atoms with van der Waals surface area (Å²) in [4.78, 5) is 7.65. The van der Waals surface area contributed by atoms with Gasteiger partial charge in [-0.05, 0) is 38.0 Å². The first-order valence-electron chi connectivity index (χ1n) is 6.39. The first kappa shape index (κ1) is 12.6. The highest BCUT2D eigenvalue weighted by Crippen LogP contribution is 2.28. The van der Waals surface area contributed by atoms with Crippen LogP contribution in [0.5, 0.6) is 5.88 Å². The van der Waals surface area contributed by atoms with Gasteiger partial charge in [0, 0.05) is 12.7 Å². The summed E-state index contributed by atoms with van der Waals surface area (Å²) in [7, 11) is 1.61. The van der Waals surface area contributed by atoms with Crippen molar-refractivity contribution in [3.05, 3.63) is 16.9 Å². The number of pyridine rings is 1. The van der Waals surface area contributed by atoms with Crippen molar-refractivity contribution in [2.24, 2.45) is 0 Å². The van der Waals surface area contributed by atoms with Crippen LogP contribution in [0.25, 0.3) is 11.2 Å². The summed E-state index contributed by atoms with van der Waals surface area (Å²) in [5.74, 6) is 0.591. The predicted molar refractivity (Wildman–Crippen MR) is 75.1 cm³/mol. The molecular weight excluding hydrogens is 262 g/mol. The van der Waals surface area contributed by atoms with Gasteiger partial charge in [0.2, 0.25) is 5.88 Å². The molecule has 0 bridgehead atoms. The molecule has 0 aliphatic carbocycles. The van der Waals surface area contributed by atoms with Crippen LogP contribution in [0.1, 0.15) is 19.8 Å². The van der Waals surface area contributed by atoms with E-state index in [1.165, 1.54) is 0 Å². The molecule has 0 saturated carbocycles. The first-order chi connectivity index (χ1) is 9.11. The third-order valence-corrected chi connectivity index (χ3v) is 3.92. The second-order valence-corrected chi connectivity index (χ2v) is 5.53. The van der Waals surface area contributed by atoms with Crippen LogP contribution in [0.3, 0.4) is 0 Å². The average molecular weight is 279 g/mol. The van der Waals surface area contributed by atoms with Crippen LogP contribution in [0.2, 0.25) is 0 Å². The molecule has 6 heteroatoms. The maximum Gasteiger partial charge on any atom is 0.215 e. The van der Waals surface area contributed by atoms with Crippen LogP contribution in [0.15, 0.2) is 12.1 Å². The number of nitrogens with zero attached hydrogens (tertiary/aromatic N) is 2. The minimum absolute atomic E-state index is 0.155. The molecule has 3 heterocycles. The van der Waals surface area contributed by atoms with Gasteiger partial charge in [0.1, 0.15) is 0 Å². The van der Waals surface area contributed by atoms with E-state index in [-0.39, 0.29) is 5.60 Å². The number of ether oxygens (including phenoxy) is 2. The molecule has 1 aliphatic rings. The summed E-state index contributed by atoms with van der Waals surface area (Å²) < 4.78 is 13.7. The minimum atomic E-state index is -0.155. The molecule has 1 fully saturated rings. The molecule has 102 valence electrons. The molecule has 2 aromatic rings. The molecule has 5 nitrogen and oxygen atoms in total. The highest BCUT2D eigenvalue weighted by Gasteiger charge is 2.31. The van der Waals surface area contributed by atoms with Gasteiger partial charge < -0.3 is 14.5 Å². The van der Waals surface area contributed by atoms with Crippen LogP contribution >= 0.6 is 12.2 Å². The molecule has 19 heavy (non-hydrogen) atoms. The van der Waals surface area contributed by atoms with Crippen molar-refractivity contribution >= 4 is 23.4 Å². The highest BCUT2D eigenvalue weighted by atomic mass is 32.1. The zero-order chi connectivity index (χ0) is 13.5. The van der Waals surface area contributed by atoms with Crippen molar-refractivity contribution in [1.29, 1.82) is 0 Å². The van der Waals surface area contributed by atoms with Gasteiger partial charge >= 0.3 is 0 Å². The zero-order valence-corrected chi connectivity index (χ0v) is 11.9. The Morgan fingerprint density at radius 1 is 1.58 bits per heavy atom. The Bertz CT molecular complexity index is 655. The number of nitrogens with one attached hydrogen (secondary N) is 1. The molecule has 0 aromatic carbocycles. The van der Waals surface area contributed by atoms with Gasteiger partial charge in [0.15, 0.2) is 10.4 Å². The summed E-state index contributed by atoms with van der Waals surface area (Å²) in [5.41, 5.74) is 1.59. The smallest absolute Gasteiger partial charge is 0.215 e. The summed E-state index contributed by atoms with van der Waals surface area (Å²) in [5, 5.41) is 0. The maximum atomic E-state index is 5.83. The van der Waals surface area contributed by atoms with Gasteiger partial charge in [0.25, 0.3) is 0 Å². The van der Waals surface area contributed by atoms with E-state index in [0.29, 0.717) is 17.2 Å². The van der Waals surface area contributed by atoms with Crippen LogP contribution in [-0.4, -0.2) is 33.9 Å². The molecule has 1 atom stereocenters. The number of aromatic nitrogens is 3. The molecule has 0 spiro atoms. The van der Waals surface area contributed by atoms with Crippen molar-refractivity contribution in [2.45, 2.75) is 31.9 Å². The number of fused-ring (bicyclic) bond motifs is 1. The van der Waals surface area contributed by atoms with E-state index in [1.807, 2.05) is 16.7 Å². The van der Waals surface area contributed by atoms with Crippen molar-refractivity contribution < 1.29 is 9.47 Å². The molecule has 2 aromatic heterocycles. The molecule has 1 unspecified atom stereocenters. The van der Waals surface area contributed by atoms with Gasteiger partial charge in [-0.25, -0.2) is 0 Å². The molecule has 1 saturated heterocycles.